The normalized spacial score (nSPS) is 6.58. The molecule has 0 amide bonds. The Hall–Kier alpha value is 14.9. The van der Waals surface area contributed by atoms with Crippen LogP contribution in [0.1, 0.15) is 16.7 Å². The van der Waals surface area contributed by atoms with Gasteiger partial charge in [0.1, 0.15) is 0 Å². The van der Waals surface area contributed by atoms with Crippen LogP contribution in [-0.4, -0.2) is 0 Å². The fourth-order valence-corrected chi connectivity index (χ4v) is 3.94. The van der Waals surface area contributed by atoms with E-state index >= 15 is 0 Å². The molecule has 0 heterocycles. The van der Waals surface area contributed by atoms with E-state index in [0.717, 1.165) is 45.3 Å². The summed E-state index contributed by atoms with van der Waals surface area (Å²) in [6.07, 6.45) is 0. The molecule has 0 aromatic heterocycles. The van der Waals surface area contributed by atoms with E-state index < -0.39 is 0 Å². The maximum Gasteiger partial charge on any atom is 0.0421 e. The van der Waals surface area contributed by atoms with Crippen molar-refractivity contribution in [2.75, 3.05) is 9.80 Å². The molecule has 0 atom stereocenters. The van der Waals surface area contributed by atoms with E-state index in [2.05, 4.69) is 103 Å². The van der Waals surface area contributed by atoms with Crippen molar-refractivity contribution in [3.63, 3.8) is 0 Å². The Bertz CT molecular complexity index is 1400. The summed E-state index contributed by atoms with van der Waals surface area (Å²) < 4.78 is 0. The largest absolute Gasteiger partial charge is 0.382 e. The van der Waals surface area contributed by atoms with Gasteiger partial charge in [0.25, 0.3) is 0 Å². The molecule has 57 heavy (non-hydrogen) atoms. The molecule has 20 radical (unpaired) electrons. The smallest absolute Gasteiger partial charge is 0.0421 e. The quantitative estimate of drug-likeness (QED) is 0.158. The summed E-state index contributed by atoms with van der Waals surface area (Å²) in [5, 5.41) is 0. The van der Waals surface area contributed by atoms with Crippen molar-refractivity contribution in [2.24, 2.45) is 0 Å². The second kappa shape index (κ2) is 73.0. The Labute approximate surface area is 813 Å². The van der Waals surface area contributed by atoms with Crippen molar-refractivity contribution in [3.05, 3.63) is 144 Å². The van der Waals surface area contributed by atoms with Crippen LogP contribution in [0, 0.1) is 51.1 Å². The molecule has 5 aromatic carbocycles. The molecule has 5 rings (SSSR count). The van der Waals surface area contributed by atoms with Gasteiger partial charge in [-0.05, 0) is 43.3 Å². The van der Waals surface area contributed by atoms with Gasteiger partial charge < -0.3 is 34.1 Å². The summed E-state index contributed by atoms with van der Waals surface area (Å²) in [6.45, 7) is 6.20. The summed E-state index contributed by atoms with van der Waals surface area (Å²) in [4.78, 5) is 4.33. The van der Waals surface area contributed by atoms with E-state index in [0.29, 0.717) is 0 Å². The molecule has 0 fully saturated rings. The van der Waals surface area contributed by atoms with Crippen molar-refractivity contribution in [1.82, 2.24) is 0 Å². The third kappa shape index (κ3) is 44.6. The number of rotatable bonds is 6. The predicted molar refractivity (Wildman–Crippen MR) is 144 cm³/mol. The van der Waals surface area contributed by atoms with Crippen LogP contribution in [0.3, 0.4) is 0 Å². The molecule has 5 aromatic rings. The van der Waals surface area contributed by atoms with Crippen LogP contribution < -0.4 is 9.80 Å². The van der Waals surface area contributed by atoms with E-state index in [1.807, 2.05) is 55.5 Å². The molecular weight excluding hydrogens is 2930 g/mol. The van der Waals surface area contributed by atoms with Gasteiger partial charge in [-0.2, -0.15) is 23.9 Å². The number of aryl methyl sites for hydroxylation is 3. The molecule has 0 saturated carbocycles. The number of hydrogen-bond acceptors (Lipinski definition) is 2. The Kier molecular flexibility index (Phi) is 159. The Balaban J connectivity index is -0.0000000432. The molecule has 244 valence electrons. The predicted octanol–water partition coefficient (Wildman–Crippen LogP) is 8.50. The first-order valence-electron chi connectivity index (χ1n) is 11.6. The topological polar surface area (TPSA) is 6.48 Å². The molecule has 0 N–H and O–H groups in total. The van der Waals surface area contributed by atoms with Crippen molar-refractivity contribution >= 4 is 34.1 Å². The maximum atomic E-state index is 3.39. The summed E-state index contributed by atoms with van der Waals surface area (Å²) in [6, 6.07) is 49.6. The molecule has 0 aliphatic carbocycles. The van der Waals surface area contributed by atoms with Crippen LogP contribution in [0.5, 0.6) is 0 Å². The van der Waals surface area contributed by atoms with Crippen molar-refractivity contribution in [2.45, 2.75) is 20.8 Å². The first-order chi connectivity index (χ1) is 17.1. The van der Waals surface area contributed by atoms with E-state index in [9.17, 15) is 0 Å². The maximum absolute atomic E-state index is 3.39. The monoisotopic (exact) mass is 2960 g/mol. The van der Waals surface area contributed by atoms with Crippen LogP contribution in [0.4, 0.5) is 34.1 Å². The third-order valence-corrected chi connectivity index (χ3v) is 5.81. The van der Waals surface area contributed by atoms with Crippen molar-refractivity contribution in [3.8, 4) is 0 Å². The van der Waals surface area contributed by atoms with Gasteiger partial charge in [0.2, 0.25) is 0 Å². The Morgan fingerprint density at radius 2 is 0.526 bits per heavy atom. The van der Waals surface area contributed by atoms with Crippen LogP contribution in [-0.2, 0) is 630 Å². The SMILES string of the molecule is Cc1c[c-]c(N(c2cc[c-]cc2)c2ccc(N(c3[c-]cc(C)c[c-]3)c3ccc(C)cc3)cc2)[c-]c1.[Re].[Re].[Rf].[Rf].[Y].[Y].[Y].[Y].[Y].[Y].[Y].[Y].[Y].[Y].[Y].[Y].[Y].[Y].[Y].[Y].[Y].[Y]. The molecule has 0 aliphatic rings. The number of hydrogen-bond donors (Lipinski definition) is 0. The third-order valence-electron chi connectivity index (χ3n) is 5.81. The summed E-state index contributed by atoms with van der Waals surface area (Å²) >= 11 is 0. The van der Waals surface area contributed by atoms with Crippen LogP contribution in [0.2, 0.25) is 0 Å². The minimum Gasteiger partial charge on any atom is -0.382 e. The standard InChI is InChI=1S/C33H25N2.2Re.2Rf.18Y/c1-25-9-15-29(16-10-25)34(28-7-5-4-6-8-28)32-21-23-33(24-22-32)35(30-17-11-26(2)12-18-30)31-19-13-27(3)14-20-31;;;;;;;;;;;;;;;;;;;;;;/h5-14,17-18,21-24H,1-3H3;;;;;;;;;;;;;;;;;;;;;;/q-5;;;;;;;;;;;;;;;;;;;;;;. The second-order valence-electron chi connectivity index (χ2n) is 8.62. The van der Waals surface area contributed by atoms with E-state index in [4.69, 9.17) is 0 Å². The van der Waals surface area contributed by atoms with Crippen LogP contribution in [0.25, 0.3) is 0 Å². The fraction of sp³-hybridized carbons (Fsp3) is 0.0909. The van der Waals surface area contributed by atoms with Gasteiger partial charge in [-0.1, -0.05) is 23.4 Å². The minimum atomic E-state index is 0. The average Bonchev–Trinajstić information content (AvgIpc) is 2.89. The van der Waals surface area contributed by atoms with Gasteiger partial charge in [-0.25, -0.2) is 5.69 Å². The molecule has 0 bridgehead atoms. The van der Waals surface area contributed by atoms with Gasteiger partial charge >= 0.3 is 0 Å². The van der Waals surface area contributed by atoms with Gasteiger partial charge in [-0.15, -0.1) is 26.0 Å². The number of benzene rings is 5. The van der Waals surface area contributed by atoms with E-state index in [1.165, 1.54) is 5.56 Å². The summed E-state index contributed by atoms with van der Waals surface area (Å²) in [5.74, 6) is 0. The zero-order chi connectivity index (χ0) is 24.2. The summed E-state index contributed by atoms with van der Waals surface area (Å²) in [7, 11) is 0. The molecule has 0 unspecified atom stereocenters. The zero-order valence-corrected chi connectivity index (χ0v) is 102. The molecule has 0 spiro atoms. The van der Waals surface area contributed by atoms with Crippen LogP contribution in [0.15, 0.2) is 97.1 Å². The van der Waals surface area contributed by atoms with E-state index in [1.54, 1.807) is 0 Å². The van der Waals surface area contributed by atoms with Gasteiger partial charge in [0.15, 0.2) is 0 Å². The fourth-order valence-electron chi connectivity index (χ4n) is 3.94. The molecule has 0 aliphatic heterocycles. The Morgan fingerprint density at radius 1 is 0.316 bits per heavy atom. The van der Waals surface area contributed by atoms with E-state index in [-0.39, 0.29) is 630 Å². The first kappa shape index (κ1) is 124. The molecular formula is C33H25N2Re2Rf2Y18-5. The zero-order valence-electron chi connectivity index (χ0n) is 32.7. The van der Waals surface area contributed by atoms with Crippen molar-refractivity contribution < 1.29 is 630 Å². The molecule has 0 saturated heterocycles. The van der Waals surface area contributed by atoms with Gasteiger partial charge in [-0.3, -0.25) is 35.4 Å². The average molecular weight is 2960 g/mol. The van der Waals surface area contributed by atoms with Crippen molar-refractivity contribution in [1.29, 1.82) is 0 Å². The Morgan fingerprint density at radius 3 is 0.772 bits per heavy atom. The number of anilines is 6. The first-order valence-corrected chi connectivity index (χ1v) is 11.6. The van der Waals surface area contributed by atoms with Gasteiger partial charge in [0.05, 0.1) is 0 Å². The molecule has 2 nitrogen and oxygen atoms in total. The second-order valence-corrected chi connectivity index (χ2v) is 8.62. The van der Waals surface area contributed by atoms with Gasteiger partial charge in [0, 0.05) is 647 Å². The molecule has 24 heteroatoms. The number of nitrogens with zero attached hydrogens (tertiary/aromatic N) is 2. The summed E-state index contributed by atoms with van der Waals surface area (Å²) in [5.41, 5.74) is 9.39. The minimum absolute atomic E-state index is 0. The van der Waals surface area contributed by atoms with Crippen LogP contribution >= 0.6 is 0 Å².